The third-order valence-electron chi connectivity index (χ3n) is 2.95. The highest BCUT2D eigenvalue weighted by molar-refractivity contribution is 7.80. The van der Waals surface area contributed by atoms with Crippen molar-refractivity contribution in [2.24, 2.45) is 5.92 Å². The lowest BCUT2D eigenvalue weighted by molar-refractivity contribution is -0.137. The van der Waals surface area contributed by atoms with Crippen molar-refractivity contribution >= 4 is 63.7 Å². The Bertz CT molecular complexity index is 651. The van der Waals surface area contributed by atoms with Gasteiger partial charge >= 0.3 is 6.18 Å². The van der Waals surface area contributed by atoms with Gasteiger partial charge in [0, 0.05) is 12.1 Å². The number of carbonyl (C=O) groups excluding carboxylic acids is 1. The summed E-state index contributed by atoms with van der Waals surface area (Å²) < 4.78 is 36.3. The number of amides is 1. The topological polar surface area (TPSA) is 53.2 Å². The van der Waals surface area contributed by atoms with E-state index in [1.54, 1.807) is 0 Å². The van der Waals surface area contributed by atoms with Gasteiger partial charge in [0.1, 0.15) is 6.17 Å². The van der Waals surface area contributed by atoms with Crippen molar-refractivity contribution in [2.45, 2.75) is 36.4 Å². The van der Waals surface area contributed by atoms with Gasteiger partial charge in [-0.2, -0.15) is 13.2 Å². The number of alkyl halides is 6. The largest absolute Gasteiger partial charge is 0.416 e. The minimum Gasteiger partial charge on any atom is -0.339 e. The summed E-state index contributed by atoms with van der Waals surface area (Å²) in [6.07, 6.45) is -5.46. The quantitative estimate of drug-likeness (QED) is 0.341. The Balaban J connectivity index is 2.80. The molecular formula is C15H17Cl3F3N3OS. The first-order valence-corrected chi connectivity index (χ1v) is 8.94. The van der Waals surface area contributed by atoms with Crippen LogP contribution in [0.4, 0.5) is 18.9 Å². The van der Waals surface area contributed by atoms with Gasteiger partial charge in [-0.25, -0.2) is 0 Å². The number of nitrogens with one attached hydrogen (secondary N) is 3. The van der Waals surface area contributed by atoms with Gasteiger partial charge < -0.3 is 16.0 Å². The first kappa shape index (κ1) is 23.1. The van der Waals surface area contributed by atoms with Gasteiger partial charge in [0.05, 0.1) is 5.56 Å². The molecule has 26 heavy (non-hydrogen) atoms. The van der Waals surface area contributed by atoms with Crippen LogP contribution < -0.4 is 16.0 Å². The van der Waals surface area contributed by atoms with Crippen LogP contribution in [0.25, 0.3) is 0 Å². The lowest BCUT2D eigenvalue weighted by Gasteiger charge is -2.28. The maximum absolute atomic E-state index is 12.7. The third-order valence-corrected chi connectivity index (χ3v) is 3.82. The van der Waals surface area contributed by atoms with Crippen LogP contribution in [0.5, 0.6) is 0 Å². The second-order valence-corrected chi connectivity index (χ2v) is 8.59. The van der Waals surface area contributed by atoms with Crippen LogP contribution in [0.2, 0.25) is 0 Å². The molecule has 0 unspecified atom stereocenters. The second kappa shape index (κ2) is 9.30. The highest BCUT2D eigenvalue weighted by atomic mass is 35.6. The predicted molar refractivity (Wildman–Crippen MR) is 102 cm³/mol. The minimum absolute atomic E-state index is 0.0845. The molecule has 4 nitrogen and oxygen atoms in total. The number of rotatable bonds is 5. The van der Waals surface area contributed by atoms with Crippen molar-refractivity contribution in [3.8, 4) is 0 Å². The molecule has 1 amide bonds. The highest BCUT2D eigenvalue weighted by Crippen LogP contribution is 2.31. The molecule has 0 aromatic heterocycles. The molecule has 1 atom stereocenters. The molecular weight excluding hydrogens is 434 g/mol. The molecule has 0 aliphatic heterocycles. The maximum atomic E-state index is 12.7. The molecule has 0 bridgehead atoms. The number of hydrogen-bond donors (Lipinski definition) is 3. The Morgan fingerprint density at radius 2 is 1.81 bits per heavy atom. The summed E-state index contributed by atoms with van der Waals surface area (Å²) in [6, 6.07) is 4.43. The lowest BCUT2D eigenvalue weighted by Crippen LogP contribution is -2.56. The van der Waals surface area contributed by atoms with Crippen LogP contribution in [-0.2, 0) is 11.0 Å². The molecule has 0 aliphatic rings. The van der Waals surface area contributed by atoms with Crippen molar-refractivity contribution in [1.29, 1.82) is 0 Å². The number of thiocarbonyl (C=S) groups is 1. The molecule has 0 fully saturated rings. The van der Waals surface area contributed by atoms with Gasteiger partial charge in [0.25, 0.3) is 0 Å². The summed E-state index contributed by atoms with van der Waals surface area (Å²) >= 11 is 22.5. The number of anilines is 1. The molecule has 3 N–H and O–H groups in total. The van der Waals surface area contributed by atoms with Crippen LogP contribution >= 0.6 is 47.0 Å². The summed E-state index contributed by atoms with van der Waals surface area (Å²) in [4.78, 5) is 11.9. The molecule has 0 radical (unpaired) electrons. The molecule has 0 spiro atoms. The van der Waals surface area contributed by atoms with E-state index in [9.17, 15) is 18.0 Å². The Labute approximate surface area is 169 Å². The SMILES string of the molecule is CC(C)CC(=O)N[C@H](NC(=S)Nc1cccc(C(F)(F)F)c1)C(Cl)(Cl)Cl. The van der Waals surface area contributed by atoms with Crippen LogP contribution in [-0.4, -0.2) is 21.0 Å². The average Bonchev–Trinajstić information content (AvgIpc) is 2.44. The number of halogens is 6. The Kier molecular flexibility index (Phi) is 8.26. The van der Waals surface area contributed by atoms with E-state index in [4.69, 9.17) is 47.0 Å². The van der Waals surface area contributed by atoms with Crippen LogP contribution in [0.3, 0.4) is 0 Å². The van der Waals surface area contributed by atoms with Crippen molar-refractivity contribution in [3.05, 3.63) is 29.8 Å². The molecule has 0 saturated heterocycles. The number of carbonyl (C=O) groups is 1. The van der Waals surface area contributed by atoms with Gasteiger partial charge in [-0.1, -0.05) is 54.7 Å². The minimum atomic E-state index is -4.49. The lowest BCUT2D eigenvalue weighted by atomic mass is 10.1. The van der Waals surface area contributed by atoms with Crippen molar-refractivity contribution < 1.29 is 18.0 Å². The number of benzene rings is 1. The molecule has 0 heterocycles. The zero-order valence-corrected chi connectivity index (χ0v) is 16.8. The first-order valence-electron chi connectivity index (χ1n) is 7.40. The zero-order valence-electron chi connectivity index (χ0n) is 13.8. The summed E-state index contributed by atoms with van der Waals surface area (Å²) in [7, 11) is 0. The fourth-order valence-corrected chi connectivity index (χ4v) is 2.43. The molecule has 1 aromatic rings. The van der Waals surface area contributed by atoms with E-state index in [0.717, 1.165) is 12.1 Å². The van der Waals surface area contributed by atoms with Gasteiger partial charge in [-0.05, 0) is 36.3 Å². The summed E-state index contributed by atoms with van der Waals surface area (Å²) in [5, 5.41) is 7.51. The molecule has 146 valence electrons. The van der Waals surface area contributed by atoms with Gasteiger partial charge in [0.15, 0.2) is 5.11 Å². The fourth-order valence-electron chi connectivity index (χ4n) is 1.86. The van der Waals surface area contributed by atoms with Crippen molar-refractivity contribution in [2.75, 3.05) is 5.32 Å². The Morgan fingerprint density at radius 3 is 2.31 bits per heavy atom. The first-order chi connectivity index (χ1) is 11.8. The predicted octanol–water partition coefficient (Wildman–Crippen LogP) is 4.85. The second-order valence-electron chi connectivity index (χ2n) is 5.82. The molecule has 0 saturated carbocycles. The van der Waals surface area contributed by atoms with Gasteiger partial charge in [-0.3, -0.25) is 4.79 Å². The molecule has 1 rings (SSSR count). The van der Waals surface area contributed by atoms with Gasteiger partial charge in [0.2, 0.25) is 9.70 Å². The normalized spacial score (nSPS) is 13.3. The highest BCUT2D eigenvalue weighted by Gasteiger charge is 2.35. The van der Waals surface area contributed by atoms with Crippen LogP contribution in [0.15, 0.2) is 24.3 Å². The standard InChI is InChI=1S/C15H17Cl3F3N3OS/c1-8(2)6-11(25)23-12(14(16,17)18)24-13(26)22-10-5-3-4-9(7-10)15(19,20)21/h3-5,7-8,12H,6H2,1-2H3,(H,23,25)(H2,22,24,26)/t12-/m1/s1. The maximum Gasteiger partial charge on any atom is 0.416 e. The van der Waals surface area contributed by atoms with Gasteiger partial charge in [-0.15, -0.1) is 0 Å². The van der Waals surface area contributed by atoms with Crippen molar-refractivity contribution in [3.63, 3.8) is 0 Å². The fraction of sp³-hybridized carbons (Fsp3) is 0.467. The van der Waals surface area contributed by atoms with E-state index in [1.807, 2.05) is 13.8 Å². The van der Waals surface area contributed by atoms with Crippen molar-refractivity contribution in [1.82, 2.24) is 10.6 Å². The van der Waals surface area contributed by atoms with E-state index in [1.165, 1.54) is 12.1 Å². The molecule has 0 aliphatic carbocycles. The van der Waals surface area contributed by atoms with E-state index < -0.39 is 21.7 Å². The molecule has 1 aromatic carbocycles. The smallest absolute Gasteiger partial charge is 0.339 e. The summed E-state index contributed by atoms with van der Waals surface area (Å²) in [5.74, 6) is -0.285. The van der Waals surface area contributed by atoms with E-state index in [2.05, 4.69) is 16.0 Å². The molecule has 11 heteroatoms. The van der Waals surface area contributed by atoms with E-state index in [-0.39, 0.29) is 29.0 Å². The average molecular weight is 451 g/mol. The summed E-state index contributed by atoms with van der Waals surface area (Å²) in [6.45, 7) is 3.69. The Hall–Kier alpha value is -0.960. The summed E-state index contributed by atoms with van der Waals surface area (Å²) in [5.41, 5.74) is -0.748. The van der Waals surface area contributed by atoms with E-state index in [0.29, 0.717) is 0 Å². The number of hydrogen-bond acceptors (Lipinski definition) is 2. The zero-order chi connectivity index (χ0) is 20.1. The van der Waals surface area contributed by atoms with Crippen LogP contribution in [0.1, 0.15) is 25.8 Å². The Morgan fingerprint density at radius 1 is 1.19 bits per heavy atom. The van der Waals surface area contributed by atoms with E-state index >= 15 is 0 Å². The van der Waals surface area contributed by atoms with Crippen LogP contribution in [0, 0.1) is 5.92 Å². The third kappa shape index (κ3) is 8.16. The monoisotopic (exact) mass is 449 g/mol.